The number of methoxy groups -OCH3 is 1. The van der Waals surface area contributed by atoms with E-state index in [9.17, 15) is 4.79 Å². The lowest BCUT2D eigenvalue weighted by molar-refractivity contribution is 0.102. The minimum absolute atomic E-state index is 0.293. The molecule has 0 saturated heterocycles. The van der Waals surface area contributed by atoms with E-state index in [0.717, 1.165) is 16.8 Å². The third-order valence-corrected chi connectivity index (χ3v) is 6.14. The Balaban J connectivity index is 1.53. The second-order valence-corrected chi connectivity index (χ2v) is 8.37. The number of para-hydroxylation sites is 1. The number of aromatic nitrogens is 5. The molecule has 33 heavy (non-hydrogen) atoms. The zero-order chi connectivity index (χ0) is 22.9. The molecule has 2 aromatic carbocycles. The molecule has 0 saturated carbocycles. The number of nitrogens with one attached hydrogen (secondary N) is 1. The van der Waals surface area contributed by atoms with E-state index in [2.05, 4.69) is 20.6 Å². The van der Waals surface area contributed by atoms with Crippen LogP contribution in [-0.2, 0) is 7.05 Å². The van der Waals surface area contributed by atoms with Crippen LogP contribution in [0.1, 0.15) is 16.1 Å². The van der Waals surface area contributed by atoms with Gasteiger partial charge in [-0.3, -0.25) is 14.8 Å². The summed E-state index contributed by atoms with van der Waals surface area (Å²) < 4.78 is 7.11. The molecule has 0 radical (unpaired) electrons. The molecule has 3 heterocycles. The van der Waals surface area contributed by atoms with Crippen LogP contribution in [0.25, 0.3) is 32.9 Å². The molecule has 0 aliphatic carbocycles. The summed E-state index contributed by atoms with van der Waals surface area (Å²) in [5.74, 6) is 0.402. The number of hydrogen-bond donors (Lipinski definition) is 1. The Hall–Kier alpha value is -4.11. The average Bonchev–Trinajstić information content (AvgIpc) is 3.42. The lowest BCUT2D eigenvalue weighted by atomic mass is 10.1. The highest BCUT2D eigenvalue weighted by molar-refractivity contribution is 7.18. The average molecular weight is 457 g/mol. The van der Waals surface area contributed by atoms with Gasteiger partial charge in [0.25, 0.3) is 5.91 Å². The van der Waals surface area contributed by atoms with E-state index in [-0.39, 0.29) is 5.91 Å². The van der Waals surface area contributed by atoms with Gasteiger partial charge in [-0.25, -0.2) is 4.98 Å². The van der Waals surface area contributed by atoms with Crippen molar-refractivity contribution in [2.24, 2.45) is 7.05 Å². The number of carbonyl (C=O) groups excluding carboxylic acids is 1. The molecular formula is C24H20N6O2S. The van der Waals surface area contributed by atoms with E-state index in [1.807, 2.05) is 68.6 Å². The molecule has 0 atom stereocenters. The SMILES string of the molecule is COc1ccccc1-c1nnc(NC(=O)c2cc(-c3ccccc3)nc3c2c(C)nn3C)s1. The maximum absolute atomic E-state index is 13.4. The van der Waals surface area contributed by atoms with Crippen molar-refractivity contribution in [2.45, 2.75) is 6.92 Å². The number of hydrogen-bond acceptors (Lipinski definition) is 7. The summed E-state index contributed by atoms with van der Waals surface area (Å²) in [7, 11) is 3.43. The van der Waals surface area contributed by atoms with E-state index in [1.54, 1.807) is 17.9 Å². The fraction of sp³-hybridized carbons (Fsp3) is 0.125. The third-order valence-electron chi connectivity index (χ3n) is 5.27. The molecule has 0 unspecified atom stereocenters. The fourth-order valence-corrected chi connectivity index (χ4v) is 4.52. The van der Waals surface area contributed by atoms with Gasteiger partial charge in [0.2, 0.25) is 5.13 Å². The number of nitrogens with zero attached hydrogens (tertiary/aromatic N) is 5. The van der Waals surface area contributed by atoms with Crippen molar-refractivity contribution in [1.82, 2.24) is 25.0 Å². The summed E-state index contributed by atoms with van der Waals surface area (Å²) in [6.07, 6.45) is 0. The van der Waals surface area contributed by atoms with Crippen LogP contribution >= 0.6 is 11.3 Å². The zero-order valence-electron chi connectivity index (χ0n) is 18.2. The number of ether oxygens (including phenoxy) is 1. The van der Waals surface area contributed by atoms with E-state index in [0.29, 0.717) is 38.2 Å². The van der Waals surface area contributed by atoms with Crippen LogP contribution in [0.15, 0.2) is 60.7 Å². The second kappa shape index (κ2) is 8.44. The van der Waals surface area contributed by atoms with Crippen LogP contribution in [0.4, 0.5) is 5.13 Å². The molecular weight excluding hydrogens is 436 g/mol. The van der Waals surface area contributed by atoms with Crippen molar-refractivity contribution in [3.63, 3.8) is 0 Å². The van der Waals surface area contributed by atoms with Crippen molar-refractivity contribution in [3.05, 3.63) is 71.9 Å². The van der Waals surface area contributed by atoms with Crippen molar-refractivity contribution < 1.29 is 9.53 Å². The van der Waals surface area contributed by atoms with Crippen molar-refractivity contribution >= 4 is 33.4 Å². The Labute approximate surface area is 193 Å². The summed E-state index contributed by atoms with van der Waals surface area (Å²) >= 11 is 1.28. The maximum Gasteiger partial charge on any atom is 0.258 e. The molecule has 3 aromatic heterocycles. The molecule has 164 valence electrons. The largest absolute Gasteiger partial charge is 0.496 e. The third kappa shape index (κ3) is 3.83. The van der Waals surface area contributed by atoms with Crippen LogP contribution in [0.5, 0.6) is 5.75 Å². The first-order valence-corrected chi connectivity index (χ1v) is 11.0. The fourth-order valence-electron chi connectivity index (χ4n) is 3.75. The number of rotatable bonds is 5. The molecule has 1 amide bonds. The Morgan fingerprint density at radius 3 is 2.61 bits per heavy atom. The lowest BCUT2D eigenvalue weighted by Crippen LogP contribution is -2.13. The summed E-state index contributed by atoms with van der Waals surface area (Å²) in [6, 6.07) is 19.1. The molecule has 5 rings (SSSR count). The number of pyridine rings is 1. The highest BCUT2D eigenvalue weighted by Crippen LogP contribution is 2.34. The molecule has 1 N–H and O–H groups in total. The normalized spacial score (nSPS) is 11.0. The topological polar surface area (TPSA) is 94.8 Å². The predicted octanol–water partition coefficient (Wildman–Crippen LogP) is 4.72. The summed E-state index contributed by atoms with van der Waals surface area (Å²) in [5.41, 5.74) is 4.30. The molecule has 0 spiro atoms. The van der Waals surface area contributed by atoms with Gasteiger partial charge < -0.3 is 4.74 Å². The van der Waals surface area contributed by atoms with Crippen molar-refractivity contribution in [2.75, 3.05) is 12.4 Å². The Bertz CT molecular complexity index is 1480. The van der Waals surface area contributed by atoms with Crippen molar-refractivity contribution in [3.8, 4) is 27.6 Å². The quantitative estimate of drug-likeness (QED) is 0.411. The summed E-state index contributed by atoms with van der Waals surface area (Å²) in [6.45, 7) is 1.87. The highest BCUT2D eigenvalue weighted by atomic mass is 32.1. The van der Waals surface area contributed by atoms with Crippen LogP contribution in [0.3, 0.4) is 0 Å². The summed E-state index contributed by atoms with van der Waals surface area (Å²) in [5, 5.41) is 17.5. The summed E-state index contributed by atoms with van der Waals surface area (Å²) in [4.78, 5) is 18.1. The number of aryl methyl sites for hydroxylation is 2. The van der Waals surface area contributed by atoms with Gasteiger partial charge in [0.15, 0.2) is 10.7 Å². The smallest absolute Gasteiger partial charge is 0.258 e. The van der Waals surface area contributed by atoms with Gasteiger partial charge in [0, 0.05) is 12.6 Å². The first kappa shape index (κ1) is 20.8. The van der Waals surface area contributed by atoms with E-state index >= 15 is 0 Å². The zero-order valence-corrected chi connectivity index (χ0v) is 19.1. The number of benzene rings is 2. The van der Waals surface area contributed by atoms with Gasteiger partial charge in [0.1, 0.15) is 5.75 Å². The molecule has 0 bridgehead atoms. The van der Waals surface area contributed by atoms with Gasteiger partial charge in [0.05, 0.1) is 35.0 Å². The molecule has 0 aliphatic rings. The van der Waals surface area contributed by atoms with Gasteiger partial charge in [-0.1, -0.05) is 53.8 Å². The number of amides is 1. The lowest BCUT2D eigenvalue weighted by Gasteiger charge is -2.08. The van der Waals surface area contributed by atoms with Crippen LogP contribution in [-0.4, -0.2) is 38.0 Å². The molecule has 9 heteroatoms. The van der Waals surface area contributed by atoms with E-state index in [4.69, 9.17) is 9.72 Å². The van der Waals surface area contributed by atoms with Crippen LogP contribution in [0.2, 0.25) is 0 Å². The standard InChI is InChI=1S/C24H20N6O2S/c1-14-20-17(13-18(15-9-5-4-6-10-15)25-21(20)30(2)29-14)22(31)26-24-28-27-23(33-24)16-11-7-8-12-19(16)32-3/h4-13H,1-3H3,(H,26,28,31). The van der Waals surface area contributed by atoms with Gasteiger partial charge in [-0.05, 0) is 25.1 Å². The Morgan fingerprint density at radius 2 is 1.82 bits per heavy atom. The number of carbonyl (C=O) groups is 1. The van der Waals surface area contributed by atoms with E-state index in [1.165, 1.54) is 11.3 Å². The second-order valence-electron chi connectivity index (χ2n) is 7.40. The minimum atomic E-state index is -0.293. The molecule has 8 nitrogen and oxygen atoms in total. The van der Waals surface area contributed by atoms with Crippen LogP contribution in [0, 0.1) is 6.92 Å². The van der Waals surface area contributed by atoms with Crippen LogP contribution < -0.4 is 10.1 Å². The Morgan fingerprint density at radius 1 is 1.06 bits per heavy atom. The van der Waals surface area contributed by atoms with Gasteiger partial charge in [-0.2, -0.15) is 5.10 Å². The first-order chi connectivity index (χ1) is 16.0. The molecule has 0 aliphatic heterocycles. The monoisotopic (exact) mass is 456 g/mol. The highest BCUT2D eigenvalue weighted by Gasteiger charge is 2.21. The van der Waals surface area contributed by atoms with Gasteiger partial charge in [-0.15, -0.1) is 10.2 Å². The molecule has 0 fully saturated rings. The van der Waals surface area contributed by atoms with Gasteiger partial charge >= 0.3 is 0 Å². The number of anilines is 1. The number of fused-ring (bicyclic) bond motifs is 1. The maximum atomic E-state index is 13.4. The van der Waals surface area contributed by atoms with Crippen molar-refractivity contribution in [1.29, 1.82) is 0 Å². The van der Waals surface area contributed by atoms with E-state index < -0.39 is 0 Å². The predicted molar refractivity (Wildman–Crippen MR) is 129 cm³/mol. The minimum Gasteiger partial charge on any atom is -0.496 e. The molecule has 5 aromatic rings. The Kier molecular flexibility index (Phi) is 5.31. The first-order valence-electron chi connectivity index (χ1n) is 10.2.